The number of alkyl halides is 3. The number of sulfonamides is 1. The fourth-order valence-corrected chi connectivity index (χ4v) is 2.91. The molecule has 1 unspecified atom stereocenters. The quantitative estimate of drug-likeness (QED) is 0.786. The van der Waals surface area contributed by atoms with Crippen LogP contribution < -0.4 is 10.0 Å². The van der Waals surface area contributed by atoms with Crippen LogP contribution in [0.15, 0.2) is 34.1 Å². The predicted octanol–water partition coefficient (Wildman–Crippen LogP) is 2.18. The first-order chi connectivity index (χ1) is 9.14. The SMILES string of the molecule is CNC(C)CNS(=O)(=O)c1ccc(SC(F)(F)F)cc1. The number of halogens is 3. The zero-order valence-corrected chi connectivity index (χ0v) is 12.5. The van der Waals surface area contributed by atoms with Gasteiger partial charge in [-0.05, 0) is 50.0 Å². The van der Waals surface area contributed by atoms with E-state index in [1.54, 1.807) is 14.0 Å². The lowest BCUT2D eigenvalue weighted by atomic mass is 10.4. The Hall–Kier alpha value is -0.770. The van der Waals surface area contributed by atoms with E-state index in [1.807, 2.05) is 0 Å². The van der Waals surface area contributed by atoms with Gasteiger partial charge < -0.3 is 5.32 Å². The number of rotatable bonds is 6. The van der Waals surface area contributed by atoms with Crippen molar-refractivity contribution in [3.8, 4) is 0 Å². The second-order valence-corrected chi connectivity index (χ2v) is 6.97. The molecule has 0 amide bonds. The number of nitrogens with one attached hydrogen (secondary N) is 2. The number of hydrogen-bond donors (Lipinski definition) is 2. The van der Waals surface area contributed by atoms with E-state index in [9.17, 15) is 21.6 Å². The van der Waals surface area contributed by atoms with Crippen molar-refractivity contribution in [1.82, 2.24) is 10.0 Å². The summed E-state index contributed by atoms with van der Waals surface area (Å²) in [6.07, 6.45) is 0. The topological polar surface area (TPSA) is 58.2 Å². The fourth-order valence-electron chi connectivity index (χ4n) is 1.24. The van der Waals surface area contributed by atoms with Crippen LogP contribution in [-0.2, 0) is 10.0 Å². The van der Waals surface area contributed by atoms with Gasteiger partial charge in [0.05, 0.1) is 4.90 Å². The van der Waals surface area contributed by atoms with Crippen molar-refractivity contribution >= 4 is 21.8 Å². The van der Waals surface area contributed by atoms with Gasteiger partial charge >= 0.3 is 5.51 Å². The Labute approximate surface area is 120 Å². The van der Waals surface area contributed by atoms with Crippen molar-refractivity contribution in [3.05, 3.63) is 24.3 Å². The molecular weight excluding hydrogens is 313 g/mol. The summed E-state index contributed by atoms with van der Waals surface area (Å²) in [5, 5.41) is 2.87. The van der Waals surface area contributed by atoms with E-state index in [4.69, 9.17) is 0 Å². The Balaban J connectivity index is 2.77. The van der Waals surface area contributed by atoms with Crippen molar-refractivity contribution in [1.29, 1.82) is 0 Å². The average Bonchev–Trinajstić information content (AvgIpc) is 2.34. The summed E-state index contributed by atoms with van der Waals surface area (Å²) in [6.45, 7) is 1.99. The summed E-state index contributed by atoms with van der Waals surface area (Å²) < 4.78 is 62.6. The minimum absolute atomic E-state index is 0.0511. The normalized spacial score (nSPS) is 14.2. The minimum atomic E-state index is -4.39. The first kappa shape index (κ1) is 17.3. The highest BCUT2D eigenvalue weighted by Gasteiger charge is 2.29. The van der Waals surface area contributed by atoms with E-state index in [0.29, 0.717) is 0 Å². The Kier molecular flexibility index (Phi) is 5.87. The first-order valence-electron chi connectivity index (χ1n) is 5.67. The molecule has 0 heterocycles. The summed E-state index contributed by atoms with van der Waals surface area (Å²) >= 11 is -0.283. The third-order valence-corrected chi connectivity index (χ3v) is 4.62. The number of likely N-dealkylation sites (N-methyl/N-ethyl adjacent to an activating group) is 1. The van der Waals surface area contributed by atoms with E-state index >= 15 is 0 Å². The lowest BCUT2D eigenvalue weighted by Gasteiger charge is -2.12. The molecule has 20 heavy (non-hydrogen) atoms. The maximum Gasteiger partial charge on any atom is 0.446 e. The Morgan fingerprint density at radius 1 is 1.25 bits per heavy atom. The maximum atomic E-state index is 12.1. The van der Waals surface area contributed by atoms with Gasteiger partial charge in [-0.3, -0.25) is 0 Å². The average molecular weight is 328 g/mol. The molecule has 9 heteroatoms. The first-order valence-corrected chi connectivity index (χ1v) is 7.97. The van der Waals surface area contributed by atoms with Crippen LogP contribution in [0.3, 0.4) is 0 Å². The van der Waals surface area contributed by atoms with Crippen LogP contribution in [0.1, 0.15) is 6.92 Å². The molecule has 0 aliphatic carbocycles. The molecule has 4 nitrogen and oxygen atoms in total. The van der Waals surface area contributed by atoms with Crippen molar-refractivity contribution in [3.63, 3.8) is 0 Å². The molecule has 0 fully saturated rings. The summed E-state index contributed by atoms with van der Waals surface area (Å²) in [5.74, 6) is 0. The second kappa shape index (κ2) is 6.79. The van der Waals surface area contributed by atoms with Gasteiger partial charge in [-0.1, -0.05) is 0 Å². The number of benzene rings is 1. The summed E-state index contributed by atoms with van der Waals surface area (Å²) in [4.78, 5) is -0.118. The molecule has 0 saturated carbocycles. The van der Waals surface area contributed by atoms with Crippen molar-refractivity contribution in [2.45, 2.75) is 28.3 Å². The van der Waals surface area contributed by atoms with E-state index in [1.165, 1.54) is 0 Å². The molecule has 1 aromatic carbocycles. The third-order valence-electron chi connectivity index (χ3n) is 2.44. The van der Waals surface area contributed by atoms with E-state index in [-0.39, 0.29) is 34.1 Å². The third kappa shape index (κ3) is 5.70. The van der Waals surface area contributed by atoms with Gasteiger partial charge in [0.1, 0.15) is 0 Å². The lowest BCUT2D eigenvalue weighted by Crippen LogP contribution is -2.37. The lowest BCUT2D eigenvalue weighted by molar-refractivity contribution is -0.0328. The summed E-state index contributed by atoms with van der Waals surface area (Å²) in [7, 11) is -2.01. The largest absolute Gasteiger partial charge is 0.446 e. The van der Waals surface area contributed by atoms with Gasteiger partial charge in [-0.2, -0.15) is 13.2 Å². The van der Waals surface area contributed by atoms with E-state index in [2.05, 4.69) is 10.0 Å². The van der Waals surface area contributed by atoms with Crippen LogP contribution in [0.25, 0.3) is 0 Å². The molecule has 1 atom stereocenters. The van der Waals surface area contributed by atoms with Crippen LogP contribution >= 0.6 is 11.8 Å². The molecule has 0 saturated heterocycles. The van der Waals surface area contributed by atoms with Crippen molar-refractivity contribution < 1.29 is 21.6 Å². The smallest absolute Gasteiger partial charge is 0.316 e. The molecule has 114 valence electrons. The van der Waals surface area contributed by atoms with Gasteiger partial charge in [-0.15, -0.1) is 0 Å². The Morgan fingerprint density at radius 2 is 1.80 bits per heavy atom. The standard InChI is InChI=1S/C11H15F3N2O2S2/c1-8(15-2)7-16-20(17,18)10-5-3-9(4-6-10)19-11(12,13)14/h3-6,8,15-16H,7H2,1-2H3. The molecule has 0 spiro atoms. The molecule has 1 aromatic rings. The highest BCUT2D eigenvalue weighted by atomic mass is 32.2. The van der Waals surface area contributed by atoms with Crippen LogP contribution in [0.2, 0.25) is 0 Å². The molecule has 0 bridgehead atoms. The molecule has 0 aromatic heterocycles. The molecule has 0 aliphatic heterocycles. The molecule has 0 radical (unpaired) electrons. The van der Waals surface area contributed by atoms with Crippen LogP contribution in [0, 0.1) is 0 Å². The number of hydrogen-bond acceptors (Lipinski definition) is 4. The van der Waals surface area contributed by atoms with Crippen molar-refractivity contribution in [2.24, 2.45) is 0 Å². The molecule has 2 N–H and O–H groups in total. The minimum Gasteiger partial charge on any atom is -0.316 e. The zero-order chi connectivity index (χ0) is 15.4. The zero-order valence-electron chi connectivity index (χ0n) is 10.9. The Morgan fingerprint density at radius 3 is 2.25 bits per heavy atom. The van der Waals surface area contributed by atoms with E-state index in [0.717, 1.165) is 24.3 Å². The van der Waals surface area contributed by atoms with Gasteiger partial charge in [-0.25, -0.2) is 13.1 Å². The fraction of sp³-hybridized carbons (Fsp3) is 0.455. The molecule has 1 rings (SSSR count). The predicted molar refractivity (Wildman–Crippen MR) is 72.1 cm³/mol. The van der Waals surface area contributed by atoms with Gasteiger partial charge in [0.2, 0.25) is 10.0 Å². The Bertz CT molecular complexity index is 530. The summed E-state index contributed by atoms with van der Waals surface area (Å²) in [5.41, 5.74) is -4.39. The summed E-state index contributed by atoms with van der Waals surface area (Å²) in [6, 6.07) is 4.52. The van der Waals surface area contributed by atoms with Gasteiger partial charge in [0.15, 0.2) is 0 Å². The van der Waals surface area contributed by atoms with Gasteiger partial charge in [0, 0.05) is 17.5 Å². The molecule has 0 aliphatic rings. The highest BCUT2D eigenvalue weighted by Crippen LogP contribution is 2.36. The van der Waals surface area contributed by atoms with E-state index < -0.39 is 15.5 Å². The highest BCUT2D eigenvalue weighted by molar-refractivity contribution is 8.00. The monoisotopic (exact) mass is 328 g/mol. The van der Waals surface area contributed by atoms with Gasteiger partial charge in [0.25, 0.3) is 0 Å². The van der Waals surface area contributed by atoms with Crippen LogP contribution in [0.4, 0.5) is 13.2 Å². The second-order valence-electron chi connectivity index (χ2n) is 4.06. The van der Waals surface area contributed by atoms with Crippen molar-refractivity contribution in [2.75, 3.05) is 13.6 Å². The molecular formula is C11H15F3N2O2S2. The van der Waals surface area contributed by atoms with Crippen LogP contribution in [-0.4, -0.2) is 33.6 Å². The van der Waals surface area contributed by atoms with Crippen LogP contribution in [0.5, 0.6) is 0 Å². The maximum absolute atomic E-state index is 12.1. The number of thioether (sulfide) groups is 1.